The van der Waals surface area contributed by atoms with Crippen LogP contribution < -0.4 is 0 Å². The fourth-order valence-electron chi connectivity index (χ4n) is 5.18. The average molecular weight is 241 g/mol. The van der Waals surface area contributed by atoms with E-state index in [0.717, 1.165) is 29.6 Å². The van der Waals surface area contributed by atoms with Gasteiger partial charge in [-0.3, -0.25) is 4.68 Å². The third-order valence-electron chi connectivity index (χ3n) is 5.50. The largest absolute Gasteiger partial charge is 0.258 e. The van der Waals surface area contributed by atoms with E-state index in [-0.39, 0.29) is 0 Å². The molecule has 0 amide bonds. The van der Waals surface area contributed by atoms with Gasteiger partial charge in [-0.2, -0.15) is 10.4 Å². The highest BCUT2D eigenvalue weighted by molar-refractivity contribution is 5.19. The molecule has 0 spiro atoms. The topological polar surface area (TPSA) is 41.6 Å². The second-order valence-electron chi connectivity index (χ2n) is 6.59. The van der Waals surface area contributed by atoms with E-state index in [0.29, 0.717) is 6.54 Å². The Morgan fingerprint density at radius 3 is 2.44 bits per heavy atom. The first-order chi connectivity index (χ1) is 8.83. The fourth-order valence-corrected chi connectivity index (χ4v) is 5.18. The number of rotatable bonds is 2. The summed E-state index contributed by atoms with van der Waals surface area (Å²) in [5.74, 6) is 4.60. The zero-order valence-electron chi connectivity index (χ0n) is 10.6. The maximum Gasteiger partial charge on any atom is 0.128 e. The molecule has 4 bridgehead atoms. The maximum atomic E-state index is 8.73. The van der Waals surface area contributed by atoms with E-state index in [1.165, 1.54) is 37.7 Å². The Morgan fingerprint density at radius 1 is 1.17 bits per heavy atom. The van der Waals surface area contributed by atoms with Crippen LogP contribution in [0.15, 0.2) is 12.4 Å². The molecule has 4 aliphatic rings. The molecule has 0 aromatic carbocycles. The SMILES string of the molecule is N#CCn1cc(C2C3CC4CC(C3)CC2C4)cn1. The summed E-state index contributed by atoms with van der Waals surface area (Å²) >= 11 is 0. The molecular formula is C15H19N3. The predicted octanol–water partition coefficient (Wildman–Crippen LogP) is 2.95. The summed E-state index contributed by atoms with van der Waals surface area (Å²) in [5, 5.41) is 13.1. The van der Waals surface area contributed by atoms with Gasteiger partial charge in [-0.1, -0.05) is 0 Å². The van der Waals surface area contributed by atoms with Crippen LogP contribution in [0.2, 0.25) is 0 Å². The van der Waals surface area contributed by atoms with Crippen molar-refractivity contribution in [2.45, 2.75) is 44.6 Å². The van der Waals surface area contributed by atoms with Crippen molar-refractivity contribution in [2.75, 3.05) is 0 Å². The molecule has 3 nitrogen and oxygen atoms in total. The van der Waals surface area contributed by atoms with E-state index in [1.54, 1.807) is 4.68 Å². The van der Waals surface area contributed by atoms with Crippen molar-refractivity contribution >= 4 is 0 Å². The van der Waals surface area contributed by atoms with Gasteiger partial charge in [0.1, 0.15) is 6.54 Å². The van der Waals surface area contributed by atoms with Gasteiger partial charge in [-0.15, -0.1) is 0 Å². The normalized spacial score (nSPS) is 40.9. The summed E-state index contributed by atoms with van der Waals surface area (Å²) < 4.78 is 1.79. The molecule has 4 saturated carbocycles. The minimum absolute atomic E-state index is 0.382. The molecule has 4 fully saturated rings. The molecule has 0 saturated heterocycles. The van der Waals surface area contributed by atoms with Crippen molar-refractivity contribution in [1.82, 2.24) is 9.78 Å². The van der Waals surface area contributed by atoms with Gasteiger partial charge in [-0.25, -0.2) is 0 Å². The zero-order chi connectivity index (χ0) is 12.1. The Labute approximate surface area is 108 Å². The highest BCUT2D eigenvalue weighted by Crippen LogP contribution is 2.59. The fraction of sp³-hybridized carbons (Fsp3) is 0.733. The van der Waals surface area contributed by atoms with Crippen molar-refractivity contribution < 1.29 is 0 Å². The van der Waals surface area contributed by atoms with Crippen molar-refractivity contribution in [2.24, 2.45) is 23.7 Å². The van der Waals surface area contributed by atoms with Crippen LogP contribution in [0, 0.1) is 35.0 Å². The average Bonchev–Trinajstić information content (AvgIpc) is 2.76. The van der Waals surface area contributed by atoms with E-state index in [1.807, 2.05) is 6.20 Å². The third kappa shape index (κ3) is 1.51. The second kappa shape index (κ2) is 3.85. The van der Waals surface area contributed by atoms with Crippen LogP contribution in [0.4, 0.5) is 0 Å². The first-order valence-electron chi connectivity index (χ1n) is 7.22. The molecule has 0 aliphatic heterocycles. The minimum Gasteiger partial charge on any atom is -0.258 e. The number of hydrogen-bond acceptors (Lipinski definition) is 2. The van der Waals surface area contributed by atoms with Gasteiger partial charge in [0, 0.05) is 6.20 Å². The Bertz CT molecular complexity index is 468. The lowest BCUT2D eigenvalue weighted by Crippen LogP contribution is -2.43. The van der Waals surface area contributed by atoms with E-state index < -0.39 is 0 Å². The van der Waals surface area contributed by atoms with Crippen molar-refractivity contribution in [3.8, 4) is 6.07 Å². The van der Waals surface area contributed by atoms with Crippen LogP contribution in [0.25, 0.3) is 0 Å². The van der Waals surface area contributed by atoms with Crippen molar-refractivity contribution in [1.29, 1.82) is 5.26 Å². The number of nitriles is 1. The summed E-state index contributed by atoms with van der Waals surface area (Å²) in [5.41, 5.74) is 1.40. The maximum absolute atomic E-state index is 8.73. The predicted molar refractivity (Wildman–Crippen MR) is 67.6 cm³/mol. The van der Waals surface area contributed by atoms with E-state index in [2.05, 4.69) is 17.4 Å². The standard InChI is InChI=1S/C15H19N3/c16-1-2-18-9-14(8-17-18)15-12-4-10-3-11(6-12)7-13(15)5-10/h8-13,15H,2-7H2. The number of aromatic nitrogens is 2. The summed E-state index contributed by atoms with van der Waals surface area (Å²) in [7, 11) is 0. The van der Waals surface area contributed by atoms with Crippen molar-refractivity contribution in [3.05, 3.63) is 18.0 Å². The molecular weight excluding hydrogens is 222 g/mol. The Kier molecular flexibility index (Phi) is 2.27. The Balaban J connectivity index is 1.62. The van der Waals surface area contributed by atoms with Gasteiger partial charge in [0.15, 0.2) is 0 Å². The quantitative estimate of drug-likeness (QED) is 0.798. The summed E-state index contributed by atoms with van der Waals surface area (Å²) in [6.45, 7) is 0.382. The molecule has 1 aromatic rings. The molecule has 5 rings (SSSR count). The zero-order valence-corrected chi connectivity index (χ0v) is 10.6. The smallest absolute Gasteiger partial charge is 0.128 e. The van der Waals surface area contributed by atoms with Gasteiger partial charge >= 0.3 is 0 Å². The molecule has 4 aliphatic carbocycles. The van der Waals surface area contributed by atoms with Gasteiger partial charge < -0.3 is 0 Å². The molecule has 18 heavy (non-hydrogen) atoms. The monoisotopic (exact) mass is 241 g/mol. The molecule has 0 atom stereocenters. The lowest BCUT2D eigenvalue weighted by Gasteiger charge is -2.54. The lowest BCUT2D eigenvalue weighted by atomic mass is 9.51. The first-order valence-corrected chi connectivity index (χ1v) is 7.22. The third-order valence-corrected chi connectivity index (χ3v) is 5.50. The van der Waals surface area contributed by atoms with Crippen LogP contribution in [0.5, 0.6) is 0 Å². The van der Waals surface area contributed by atoms with Crippen molar-refractivity contribution in [3.63, 3.8) is 0 Å². The minimum atomic E-state index is 0.382. The number of nitrogens with zero attached hydrogens (tertiary/aromatic N) is 3. The first kappa shape index (κ1) is 10.6. The van der Waals surface area contributed by atoms with E-state index in [4.69, 9.17) is 5.26 Å². The van der Waals surface area contributed by atoms with Crippen LogP contribution in [-0.4, -0.2) is 9.78 Å². The molecule has 0 radical (unpaired) electrons. The van der Waals surface area contributed by atoms with Crippen LogP contribution in [0.3, 0.4) is 0 Å². The molecule has 1 heterocycles. The highest BCUT2D eigenvalue weighted by Gasteiger charge is 2.48. The Hall–Kier alpha value is -1.30. The number of hydrogen-bond donors (Lipinski definition) is 0. The van der Waals surface area contributed by atoms with E-state index >= 15 is 0 Å². The highest BCUT2D eigenvalue weighted by atomic mass is 15.3. The summed E-state index contributed by atoms with van der Waals surface area (Å²) in [4.78, 5) is 0. The molecule has 0 N–H and O–H groups in total. The van der Waals surface area contributed by atoms with Gasteiger partial charge in [0.2, 0.25) is 0 Å². The molecule has 0 unspecified atom stereocenters. The van der Waals surface area contributed by atoms with Crippen LogP contribution in [-0.2, 0) is 6.54 Å². The van der Waals surface area contributed by atoms with Gasteiger partial charge in [-0.05, 0) is 67.3 Å². The van der Waals surface area contributed by atoms with Crippen LogP contribution in [0.1, 0.15) is 43.6 Å². The summed E-state index contributed by atoms with van der Waals surface area (Å²) in [6.07, 6.45) is 11.4. The summed E-state index contributed by atoms with van der Waals surface area (Å²) in [6, 6.07) is 2.17. The molecule has 3 heteroatoms. The van der Waals surface area contributed by atoms with Gasteiger partial charge in [0.05, 0.1) is 12.3 Å². The van der Waals surface area contributed by atoms with Gasteiger partial charge in [0.25, 0.3) is 0 Å². The Morgan fingerprint density at radius 2 is 1.83 bits per heavy atom. The lowest BCUT2D eigenvalue weighted by molar-refractivity contribution is -0.00280. The second-order valence-corrected chi connectivity index (χ2v) is 6.59. The molecule has 94 valence electrons. The van der Waals surface area contributed by atoms with E-state index in [9.17, 15) is 0 Å². The van der Waals surface area contributed by atoms with Crippen LogP contribution >= 0.6 is 0 Å². The molecule has 1 aromatic heterocycles.